The fourth-order valence-electron chi connectivity index (χ4n) is 10.4. The van der Waals surface area contributed by atoms with Gasteiger partial charge in [0.2, 0.25) is 0 Å². The molecule has 0 fully saturated rings. The van der Waals surface area contributed by atoms with Crippen LogP contribution in [-0.4, -0.2) is 96.7 Å². The summed E-state index contributed by atoms with van der Waals surface area (Å²) in [5.41, 5.74) is 0. The highest BCUT2D eigenvalue weighted by atomic mass is 31.2. The van der Waals surface area contributed by atoms with Gasteiger partial charge in [-0.2, -0.15) is 0 Å². The number of hydrogen-bond donors (Lipinski definition) is 3. The zero-order valence-electron chi connectivity index (χ0n) is 57.0. The minimum Gasteiger partial charge on any atom is -0.462 e. The van der Waals surface area contributed by atoms with Crippen LogP contribution in [0.4, 0.5) is 0 Å². The molecule has 0 heterocycles. The second kappa shape index (κ2) is 61.3. The van der Waals surface area contributed by atoms with Crippen molar-refractivity contribution in [2.45, 2.75) is 368 Å². The lowest BCUT2D eigenvalue weighted by atomic mass is 9.99. The Kier molecular flexibility index (Phi) is 59.9. The van der Waals surface area contributed by atoms with Crippen LogP contribution in [-0.2, 0) is 65.4 Å². The van der Waals surface area contributed by atoms with Crippen LogP contribution in [0.2, 0.25) is 0 Å². The van der Waals surface area contributed by atoms with Crippen LogP contribution in [0.5, 0.6) is 0 Å². The highest BCUT2D eigenvalue weighted by molar-refractivity contribution is 7.47. The third-order valence-electron chi connectivity index (χ3n) is 16.3. The molecule has 3 N–H and O–H groups in total. The molecule has 0 bridgehead atoms. The Balaban J connectivity index is 5.24. The number of ether oxygens (including phenoxy) is 4. The Morgan fingerprint density at radius 1 is 0.330 bits per heavy atom. The molecule has 0 amide bonds. The SMILES string of the molecule is CCCCCCCCCCCCCCCC(=O)O[C@H](COC(=O)CCCCCCCCCC)COP(=O)(O)OC[C@H](O)COP(=O)(O)OC[C@@H](COC(=O)CCCCCCCCCCCCC(C)C)OC(=O)CCCCCCCCCCCCC(C)CC. The number of hydrogen-bond acceptors (Lipinski definition) is 15. The summed E-state index contributed by atoms with van der Waals surface area (Å²) in [7, 11) is -9.90. The quantitative estimate of drug-likeness (QED) is 0.0222. The van der Waals surface area contributed by atoms with E-state index >= 15 is 0 Å². The van der Waals surface area contributed by atoms with Crippen molar-refractivity contribution < 1.29 is 80.2 Å². The average Bonchev–Trinajstić information content (AvgIpc) is 3.61. The van der Waals surface area contributed by atoms with Gasteiger partial charge in [-0.3, -0.25) is 37.3 Å². The van der Waals surface area contributed by atoms with E-state index in [1.165, 1.54) is 161 Å². The van der Waals surface area contributed by atoms with Gasteiger partial charge in [-0.15, -0.1) is 0 Å². The lowest BCUT2D eigenvalue weighted by Crippen LogP contribution is -2.30. The zero-order valence-corrected chi connectivity index (χ0v) is 58.8. The molecule has 3 unspecified atom stereocenters. The normalized spacial score (nSPS) is 14.5. The summed E-state index contributed by atoms with van der Waals surface area (Å²) in [6, 6.07) is 0. The summed E-state index contributed by atoms with van der Waals surface area (Å²) in [5.74, 6) is -0.565. The molecule has 0 aromatic rings. The smallest absolute Gasteiger partial charge is 0.462 e. The summed E-state index contributed by atoms with van der Waals surface area (Å²) in [5, 5.41) is 10.6. The molecule has 0 spiro atoms. The van der Waals surface area contributed by atoms with Gasteiger partial charge in [-0.1, -0.05) is 298 Å². The molecule has 88 heavy (non-hydrogen) atoms. The summed E-state index contributed by atoms with van der Waals surface area (Å²) < 4.78 is 68.2. The number of aliphatic hydroxyl groups is 1. The monoisotopic (exact) mass is 1300 g/mol. The van der Waals surface area contributed by atoms with Crippen molar-refractivity contribution in [2.24, 2.45) is 11.8 Å². The van der Waals surface area contributed by atoms with Crippen LogP contribution in [0.3, 0.4) is 0 Å². The minimum atomic E-state index is -4.95. The fourth-order valence-corrected chi connectivity index (χ4v) is 12.0. The van der Waals surface area contributed by atoms with Crippen LogP contribution in [0.1, 0.15) is 350 Å². The molecule has 17 nitrogen and oxygen atoms in total. The van der Waals surface area contributed by atoms with Gasteiger partial charge in [-0.25, -0.2) is 9.13 Å². The Hall–Kier alpha value is -1.94. The first-order valence-corrected chi connectivity index (χ1v) is 39.0. The molecule has 0 aliphatic carbocycles. The Bertz CT molecular complexity index is 1720. The fraction of sp³-hybridized carbons (Fsp3) is 0.942. The van der Waals surface area contributed by atoms with E-state index in [2.05, 4.69) is 41.5 Å². The molecule has 0 aromatic heterocycles. The Morgan fingerprint density at radius 3 is 0.864 bits per heavy atom. The van der Waals surface area contributed by atoms with E-state index in [1.807, 2.05) is 0 Å². The first-order valence-electron chi connectivity index (χ1n) is 36.0. The topological polar surface area (TPSA) is 237 Å². The standard InChI is InChI=1S/C69H134O17P2/c1-7-10-12-14-16-18-19-20-21-29-35-41-47-53-68(73)85-64(57-79-66(71)51-45-39-33-17-15-13-11-8-2)59-83-87(75,76)81-55-63(70)56-82-88(77,78)84-60-65(58-80-67(72)52-46-40-34-28-24-22-26-31-37-43-49-61(4)5)86-69(74)54-48-42-36-30-25-23-27-32-38-44-50-62(6)9-3/h61-65,70H,7-60H2,1-6H3,(H,75,76)(H,77,78)/t62?,63-,64+,65+/m0/s1. The summed E-state index contributed by atoms with van der Waals surface area (Å²) in [4.78, 5) is 72.4. The van der Waals surface area contributed by atoms with Crippen LogP contribution in [0, 0.1) is 11.8 Å². The Morgan fingerprint density at radius 2 is 0.580 bits per heavy atom. The van der Waals surface area contributed by atoms with Crippen molar-refractivity contribution >= 4 is 39.5 Å². The van der Waals surface area contributed by atoms with E-state index < -0.39 is 97.5 Å². The van der Waals surface area contributed by atoms with Gasteiger partial charge in [0.05, 0.1) is 26.4 Å². The molecule has 19 heteroatoms. The molecule has 0 saturated heterocycles. The molecule has 0 aromatic carbocycles. The van der Waals surface area contributed by atoms with Crippen molar-refractivity contribution in [1.29, 1.82) is 0 Å². The minimum absolute atomic E-state index is 0.106. The van der Waals surface area contributed by atoms with Crippen LogP contribution in [0.25, 0.3) is 0 Å². The first kappa shape index (κ1) is 86.1. The summed E-state index contributed by atoms with van der Waals surface area (Å²) in [6.45, 7) is 9.54. The lowest BCUT2D eigenvalue weighted by molar-refractivity contribution is -0.161. The van der Waals surface area contributed by atoms with Gasteiger partial charge in [0.25, 0.3) is 0 Å². The summed E-state index contributed by atoms with van der Waals surface area (Å²) in [6.07, 6.45) is 45.7. The highest BCUT2D eigenvalue weighted by Gasteiger charge is 2.30. The van der Waals surface area contributed by atoms with Gasteiger partial charge in [0.15, 0.2) is 12.2 Å². The van der Waals surface area contributed by atoms with Gasteiger partial charge < -0.3 is 33.8 Å². The van der Waals surface area contributed by atoms with Crippen molar-refractivity contribution in [1.82, 2.24) is 0 Å². The summed E-state index contributed by atoms with van der Waals surface area (Å²) >= 11 is 0. The number of rotatable bonds is 68. The average molecular weight is 1300 g/mol. The number of carbonyl (C=O) groups excluding carboxylic acids is 4. The number of phosphoric acid groups is 2. The number of unbranched alkanes of at least 4 members (excludes halogenated alkanes) is 37. The van der Waals surface area contributed by atoms with Crippen molar-refractivity contribution in [3.05, 3.63) is 0 Å². The van der Waals surface area contributed by atoms with E-state index in [0.717, 1.165) is 108 Å². The van der Waals surface area contributed by atoms with Gasteiger partial charge in [0, 0.05) is 25.7 Å². The molecule has 0 aliphatic heterocycles. The Labute approximate surface area is 537 Å². The third-order valence-corrected chi connectivity index (χ3v) is 18.2. The van der Waals surface area contributed by atoms with E-state index in [4.69, 9.17) is 37.0 Å². The number of aliphatic hydroxyl groups excluding tert-OH is 1. The van der Waals surface area contributed by atoms with E-state index in [0.29, 0.717) is 25.7 Å². The van der Waals surface area contributed by atoms with Crippen molar-refractivity contribution in [2.75, 3.05) is 39.6 Å². The van der Waals surface area contributed by atoms with Crippen molar-refractivity contribution in [3.63, 3.8) is 0 Å². The first-order chi connectivity index (χ1) is 42.4. The molecule has 0 radical (unpaired) electrons. The largest absolute Gasteiger partial charge is 0.472 e. The second-order valence-electron chi connectivity index (χ2n) is 25.6. The van der Waals surface area contributed by atoms with Gasteiger partial charge >= 0.3 is 39.5 Å². The molecule has 0 rings (SSSR count). The predicted octanol–water partition coefficient (Wildman–Crippen LogP) is 19.6. The number of phosphoric ester groups is 2. The van der Waals surface area contributed by atoms with E-state index in [-0.39, 0.29) is 25.7 Å². The zero-order chi connectivity index (χ0) is 65.0. The van der Waals surface area contributed by atoms with Crippen LogP contribution < -0.4 is 0 Å². The highest BCUT2D eigenvalue weighted by Crippen LogP contribution is 2.45. The van der Waals surface area contributed by atoms with Gasteiger partial charge in [-0.05, 0) is 37.5 Å². The predicted molar refractivity (Wildman–Crippen MR) is 354 cm³/mol. The van der Waals surface area contributed by atoms with Crippen LogP contribution in [0.15, 0.2) is 0 Å². The maximum absolute atomic E-state index is 13.0. The molecule has 0 aliphatic rings. The van der Waals surface area contributed by atoms with E-state index in [9.17, 15) is 43.2 Å². The molecule has 522 valence electrons. The molecular formula is C69H134O17P2. The second-order valence-corrected chi connectivity index (χ2v) is 28.5. The molecule has 0 saturated carbocycles. The lowest BCUT2D eigenvalue weighted by Gasteiger charge is -2.21. The van der Waals surface area contributed by atoms with Crippen LogP contribution >= 0.6 is 15.6 Å². The number of esters is 4. The molecular weight excluding hydrogens is 1160 g/mol. The maximum atomic E-state index is 13.0. The maximum Gasteiger partial charge on any atom is 0.472 e. The number of carbonyl (C=O) groups is 4. The third kappa shape index (κ3) is 61.6. The molecule has 6 atom stereocenters. The van der Waals surface area contributed by atoms with Crippen molar-refractivity contribution in [3.8, 4) is 0 Å². The van der Waals surface area contributed by atoms with Gasteiger partial charge in [0.1, 0.15) is 19.3 Å². The van der Waals surface area contributed by atoms with E-state index in [1.54, 1.807) is 0 Å².